The first kappa shape index (κ1) is 20.3. The van der Waals surface area contributed by atoms with Crippen LogP contribution in [0.2, 0.25) is 0 Å². The zero-order chi connectivity index (χ0) is 20.7. The summed E-state index contributed by atoms with van der Waals surface area (Å²) >= 11 is 3.64. The van der Waals surface area contributed by atoms with Crippen LogP contribution in [0.25, 0.3) is 0 Å². The van der Waals surface area contributed by atoms with Gasteiger partial charge in [-0.25, -0.2) is 4.39 Å². The summed E-state index contributed by atoms with van der Waals surface area (Å²) in [5.41, 5.74) is 2.03. The summed E-state index contributed by atoms with van der Waals surface area (Å²) in [5.74, 6) is 3.81. The molecule has 0 unspecified atom stereocenters. The number of methoxy groups -OCH3 is 1. The highest BCUT2D eigenvalue weighted by Gasteiger charge is 2.50. The molecule has 0 atom stereocenters. The Kier molecular flexibility index (Phi) is 5.53. The van der Waals surface area contributed by atoms with Crippen molar-refractivity contribution in [1.82, 2.24) is 5.32 Å². The largest absolute Gasteiger partial charge is 0.493 e. The van der Waals surface area contributed by atoms with E-state index in [1.807, 2.05) is 12.1 Å². The van der Waals surface area contributed by atoms with E-state index < -0.39 is 0 Å². The van der Waals surface area contributed by atoms with E-state index in [1.165, 1.54) is 50.2 Å². The van der Waals surface area contributed by atoms with E-state index in [4.69, 9.17) is 9.47 Å². The van der Waals surface area contributed by atoms with E-state index in [2.05, 4.69) is 27.3 Å². The van der Waals surface area contributed by atoms with E-state index in [-0.39, 0.29) is 12.4 Å². The maximum atomic E-state index is 13.9. The summed E-state index contributed by atoms with van der Waals surface area (Å²) in [6.45, 7) is 0.987. The van der Waals surface area contributed by atoms with Gasteiger partial charge in [-0.1, -0.05) is 18.2 Å². The average Bonchev–Trinajstić information content (AvgIpc) is 2.71. The highest BCUT2D eigenvalue weighted by molar-refractivity contribution is 9.10. The standard InChI is InChI=1S/C25H29BrFNO2/c1-29-23-10-19(9-21(26)24(23)30-15-20-4-2-3-5-22(20)27)14-28-25-11-16-6-17(12-25)8-18(7-16)13-25/h2-5,9-10,16-18,28H,6-8,11-15H2,1H3. The summed E-state index contributed by atoms with van der Waals surface area (Å²) in [4.78, 5) is 0. The Morgan fingerprint density at radius 3 is 2.37 bits per heavy atom. The summed E-state index contributed by atoms with van der Waals surface area (Å²) in [7, 11) is 1.65. The van der Waals surface area contributed by atoms with Crippen LogP contribution in [0.5, 0.6) is 11.5 Å². The lowest BCUT2D eigenvalue weighted by molar-refractivity contribution is -0.0206. The number of nitrogens with one attached hydrogen (secondary N) is 1. The molecule has 4 bridgehead atoms. The average molecular weight is 474 g/mol. The smallest absolute Gasteiger partial charge is 0.175 e. The van der Waals surface area contributed by atoms with Crippen molar-refractivity contribution >= 4 is 15.9 Å². The molecule has 6 rings (SSSR count). The number of hydrogen-bond donors (Lipinski definition) is 1. The van der Waals surface area contributed by atoms with Crippen molar-refractivity contribution in [1.29, 1.82) is 0 Å². The molecule has 4 saturated carbocycles. The quantitative estimate of drug-likeness (QED) is 0.516. The van der Waals surface area contributed by atoms with Gasteiger partial charge < -0.3 is 14.8 Å². The first-order valence-electron chi connectivity index (χ1n) is 11.0. The number of rotatable bonds is 7. The predicted octanol–water partition coefficient (Wildman–Crippen LogP) is 6.23. The van der Waals surface area contributed by atoms with Crippen LogP contribution in [0.1, 0.15) is 49.7 Å². The molecule has 0 amide bonds. The van der Waals surface area contributed by atoms with Crippen LogP contribution in [0.15, 0.2) is 40.9 Å². The van der Waals surface area contributed by atoms with Gasteiger partial charge in [-0.05, 0) is 96.0 Å². The Morgan fingerprint density at radius 2 is 1.73 bits per heavy atom. The zero-order valence-electron chi connectivity index (χ0n) is 17.4. The van der Waals surface area contributed by atoms with Crippen LogP contribution in [0.3, 0.4) is 0 Å². The third-order valence-electron chi connectivity index (χ3n) is 7.32. The molecule has 160 valence electrons. The second kappa shape index (κ2) is 8.16. The van der Waals surface area contributed by atoms with Crippen LogP contribution in [0.4, 0.5) is 4.39 Å². The van der Waals surface area contributed by atoms with Gasteiger partial charge in [0, 0.05) is 17.6 Å². The van der Waals surface area contributed by atoms with E-state index in [1.54, 1.807) is 19.2 Å². The van der Waals surface area contributed by atoms with Gasteiger partial charge >= 0.3 is 0 Å². The molecule has 30 heavy (non-hydrogen) atoms. The first-order valence-corrected chi connectivity index (χ1v) is 11.8. The molecule has 2 aromatic rings. The highest BCUT2D eigenvalue weighted by atomic mass is 79.9. The molecule has 0 saturated heterocycles. The number of halogens is 2. The molecule has 3 nitrogen and oxygen atoms in total. The monoisotopic (exact) mass is 473 g/mol. The van der Waals surface area contributed by atoms with Crippen molar-refractivity contribution in [2.24, 2.45) is 17.8 Å². The Hall–Kier alpha value is -1.59. The summed E-state index contributed by atoms with van der Waals surface area (Å²) in [5, 5.41) is 3.94. The van der Waals surface area contributed by atoms with Crippen molar-refractivity contribution < 1.29 is 13.9 Å². The topological polar surface area (TPSA) is 30.5 Å². The molecule has 0 aliphatic heterocycles. The third-order valence-corrected chi connectivity index (χ3v) is 7.91. The van der Waals surface area contributed by atoms with Gasteiger partial charge in [0.25, 0.3) is 0 Å². The Labute approximate surface area is 186 Å². The third kappa shape index (κ3) is 3.99. The van der Waals surface area contributed by atoms with Crippen molar-refractivity contribution in [3.63, 3.8) is 0 Å². The van der Waals surface area contributed by atoms with Crippen LogP contribution < -0.4 is 14.8 Å². The molecule has 4 aliphatic carbocycles. The van der Waals surface area contributed by atoms with Crippen LogP contribution >= 0.6 is 15.9 Å². The second-order valence-corrected chi connectivity index (χ2v) is 10.4. The van der Waals surface area contributed by atoms with Crippen molar-refractivity contribution in [2.75, 3.05) is 7.11 Å². The van der Waals surface area contributed by atoms with E-state index in [0.29, 0.717) is 22.6 Å². The minimum Gasteiger partial charge on any atom is -0.493 e. The SMILES string of the molecule is COc1cc(CNC23CC4CC(CC(C4)C2)C3)cc(Br)c1OCc1ccccc1F. The van der Waals surface area contributed by atoms with Crippen molar-refractivity contribution in [3.05, 3.63) is 57.8 Å². The lowest BCUT2D eigenvalue weighted by atomic mass is 9.53. The number of benzene rings is 2. The maximum absolute atomic E-state index is 13.9. The Morgan fingerprint density at radius 1 is 1.07 bits per heavy atom. The molecular formula is C25H29BrFNO2. The molecule has 1 N–H and O–H groups in total. The van der Waals surface area contributed by atoms with Crippen LogP contribution in [-0.2, 0) is 13.2 Å². The summed E-state index contributed by atoms with van der Waals surface area (Å²) < 4.78 is 26.3. The maximum Gasteiger partial charge on any atom is 0.175 e. The zero-order valence-corrected chi connectivity index (χ0v) is 19.0. The molecular weight excluding hydrogens is 445 g/mol. The fourth-order valence-corrected chi connectivity index (χ4v) is 7.00. The van der Waals surface area contributed by atoms with E-state index >= 15 is 0 Å². The lowest BCUT2D eigenvalue weighted by Crippen LogP contribution is -2.58. The molecule has 4 aliphatic rings. The fourth-order valence-electron chi connectivity index (χ4n) is 6.40. The second-order valence-electron chi connectivity index (χ2n) is 9.54. The van der Waals surface area contributed by atoms with Gasteiger partial charge in [0.15, 0.2) is 11.5 Å². The molecule has 0 aromatic heterocycles. The number of hydrogen-bond acceptors (Lipinski definition) is 3. The van der Waals surface area contributed by atoms with Gasteiger partial charge in [-0.15, -0.1) is 0 Å². The molecule has 0 radical (unpaired) electrons. The normalized spacial score (nSPS) is 29.2. The molecule has 0 heterocycles. The summed E-state index contributed by atoms with van der Waals surface area (Å²) in [6, 6.07) is 10.8. The summed E-state index contributed by atoms with van der Waals surface area (Å²) in [6.07, 6.45) is 8.36. The Bertz CT molecular complexity index is 896. The lowest BCUT2D eigenvalue weighted by Gasteiger charge is -2.57. The minimum atomic E-state index is -0.260. The number of ether oxygens (including phenoxy) is 2. The molecule has 2 aromatic carbocycles. The molecule has 0 spiro atoms. The van der Waals surface area contributed by atoms with Crippen LogP contribution in [-0.4, -0.2) is 12.6 Å². The first-order chi connectivity index (χ1) is 14.5. The van der Waals surface area contributed by atoms with E-state index in [9.17, 15) is 4.39 Å². The van der Waals surface area contributed by atoms with E-state index in [0.717, 1.165) is 28.8 Å². The fraction of sp³-hybridized carbons (Fsp3) is 0.520. The van der Waals surface area contributed by atoms with Gasteiger partial charge in [0.1, 0.15) is 12.4 Å². The van der Waals surface area contributed by atoms with Crippen molar-refractivity contribution in [3.8, 4) is 11.5 Å². The Balaban J connectivity index is 1.29. The molecule has 5 heteroatoms. The van der Waals surface area contributed by atoms with Gasteiger partial charge in [-0.3, -0.25) is 0 Å². The molecule has 4 fully saturated rings. The van der Waals surface area contributed by atoms with Gasteiger partial charge in [0.2, 0.25) is 0 Å². The predicted molar refractivity (Wildman–Crippen MR) is 119 cm³/mol. The minimum absolute atomic E-state index is 0.159. The van der Waals surface area contributed by atoms with Gasteiger partial charge in [-0.2, -0.15) is 0 Å². The van der Waals surface area contributed by atoms with Gasteiger partial charge in [0.05, 0.1) is 11.6 Å². The van der Waals surface area contributed by atoms with Crippen LogP contribution in [0, 0.1) is 23.6 Å². The van der Waals surface area contributed by atoms with Crippen molar-refractivity contribution in [2.45, 2.75) is 57.2 Å². The highest BCUT2D eigenvalue weighted by Crippen LogP contribution is 2.55.